The van der Waals surface area contributed by atoms with Crippen LogP contribution in [0, 0.1) is 6.92 Å². The monoisotopic (exact) mass is 409 g/mol. The van der Waals surface area contributed by atoms with E-state index in [1.165, 1.54) is 23.1 Å². The standard InChI is InChI=1S/C17H13Cl2N3OS2/c1-3-6-22-15(23)14(7-11-4-5-12(18)8-13(11)19)25-17(22)21-16-20-10(2)9-24-16/h3-5,7-9H,1,6H2,2H3/b14-7-,21-17+. The fourth-order valence-electron chi connectivity index (χ4n) is 2.12. The second-order valence-electron chi connectivity index (χ2n) is 5.15. The van der Waals surface area contributed by atoms with Crippen molar-refractivity contribution in [1.82, 2.24) is 9.88 Å². The minimum atomic E-state index is -0.136. The minimum absolute atomic E-state index is 0.136. The number of rotatable bonds is 4. The highest BCUT2D eigenvalue weighted by Crippen LogP contribution is 2.36. The molecule has 0 spiro atoms. The molecule has 0 aliphatic carbocycles. The van der Waals surface area contributed by atoms with Gasteiger partial charge in [-0.05, 0) is 42.5 Å². The largest absolute Gasteiger partial charge is 0.282 e. The highest BCUT2D eigenvalue weighted by atomic mass is 35.5. The number of nitrogens with zero attached hydrogens (tertiary/aromatic N) is 3. The van der Waals surface area contributed by atoms with E-state index in [9.17, 15) is 4.79 Å². The zero-order valence-electron chi connectivity index (χ0n) is 13.2. The third kappa shape index (κ3) is 4.15. The van der Waals surface area contributed by atoms with Crippen molar-refractivity contribution in [2.24, 2.45) is 4.99 Å². The topological polar surface area (TPSA) is 45.6 Å². The number of aliphatic imine (C=N–C) groups is 1. The molecule has 8 heteroatoms. The van der Waals surface area contributed by atoms with Crippen LogP contribution in [-0.2, 0) is 4.79 Å². The van der Waals surface area contributed by atoms with Crippen LogP contribution >= 0.6 is 46.3 Å². The Hall–Kier alpha value is -1.60. The maximum Gasteiger partial charge on any atom is 0.267 e. The lowest BCUT2D eigenvalue weighted by molar-refractivity contribution is -0.121. The Morgan fingerprint density at radius 3 is 2.84 bits per heavy atom. The number of aromatic nitrogens is 1. The molecule has 0 N–H and O–H groups in total. The van der Waals surface area contributed by atoms with E-state index >= 15 is 0 Å². The van der Waals surface area contributed by atoms with Gasteiger partial charge in [0, 0.05) is 22.0 Å². The summed E-state index contributed by atoms with van der Waals surface area (Å²) < 4.78 is 0. The maximum absolute atomic E-state index is 12.7. The minimum Gasteiger partial charge on any atom is -0.282 e. The molecule has 3 rings (SSSR count). The normalized spacial score (nSPS) is 17.7. The van der Waals surface area contributed by atoms with Crippen molar-refractivity contribution in [2.45, 2.75) is 6.92 Å². The van der Waals surface area contributed by atoms with Gasteiger partial charge in [0.15, 0.2) is 5.17 Å². The van der Waals surface area contributed by atoms with Gasteiger partial charge in [0.1, 0.15) is 0 Å². The molecule has 1 amide bonds. The number of carbonyl (C=O) groups excluding carboxylic acids is 1. The van der Waals surface area contributed by atoms with Crippen molar-refractivity contribution in [3.8, 4) is 0 Å². The number of aryl methyl sites for hydroxylation is 1. The molecule has 2 heterocycles. The quantitative estimate of drug-likeness (QED) is 0.491. The van der Waals surface area contributed by atoms with E-state index in [1.54, 1.807) is 35.3 Å². The molecule has 1 aromatic carbocycles. The Morgan fingerprint density at radius 1 is 1.40 bits per heavy atom. The molecule has 1 aliphatic heterocycles. The van der Waals surface area contributed by atoms with Crippen molar-refractivity contribution in [3.63, 3.8) is 0 Å². The van der Waals surface area contributed by atoms with Crippen LogP contribution in [0.1, 0.15) is 11.3 Å². The van der Waals surface area contributed by atoms with Crippen molar-refractivity contribution in [1.29, 1.82) is 0 Å². The number of hydrogen-bond donors (Lipinski definition) is 0. The molecular weight excluding hydrogens is 397 g/mol. The number of thiazole rings is 1. The van der Waals surface area contributed by atoms with Gasteiger partial charge < -0.3 is 0 Å². The lowest BCUT2D eigenvalue weighted by Gasteiger charge is -2.11. The highest BCUT2D eigenvalue weighted by Gasteiger charge is 2.33. The second-order valence-corrected chi connectivity index (χ2v) is 7.84. The van der Waals surface area contributed by atoms with Crippen LogP contribution < -0.4 is 0 Å². The van der Waals surface area contributed by atoms with E-state index < -0.39 is 0 Å². The molecule has 0 saturated carbocycles. The fraction of sp³-hybridized carbons (Fsp3) is 0.118. The van der Waals surface area contributed by atoms with Gasteiger partial charge in [-0.2, -0.15) is 4.99 Å². The van der Waals surface area contributed by atoms with Gasteiger partial charge in [0.2, 0.25) is 5.13 Å². The summed E-state index contributed by atoms with van der Waals surface area (Å²) in [7, 11) is 0. The van der Waals surface area contributed by atoms with E-state index in [0.29, 0.717) is 31.8 Å². The summed E-state index contributed by atoms with van der Waals surface area (Å²) in [6.07, 6.45) is 3.41. The number of thioether (sulfide) groups is 1. The average Bonchev–Trinajstić information content (AvgIpc) is 3.09. The van der Waals surface area contributed by atoms with E-state index in [-0.39, 0.29) is 5.91 Å². The van der Waals surface area contributed by atoms with Crippen LogP contribution in [0.5, 0.6) is 0 Å². The summed E-state index contributed by atoms with van der Waals surface area (Å²) >= 11 is 14.9. The molecule has 0 bridgehead atoms. The second kappa shape index (κ2) is 7.74. The Balaban J connectivity index is 1.96. The zero-order chi connectivity index (χ0) is 18.0. The summed E-state index contributed by atoms with van der Waals surface area (Å²) in [4.78, 5) is 23.7. The Kier molecular flexibility index (Phi) is 5.64. The van der Waals surface area contributed by atoms with Crippen LogP contribution in [0.2, 0.25) is 10.0 Å². The number of amidine groups is 1. The molecule has 2 aromatic rings. The van der Waals surface area contributed by atoms with Crippen LogP contribution in [0.3, 0.4) is 0 Å². The Bertz CT molecular complexity index is 905. The van der Waals surface area contributed by atoms with Crippen LogP contribution in [0.25, 0.3) is 6.08 Å². The van der Waals surface area contributed by atoms with Crippen LogP contribution in [0.15, 0.2) is 46.1 Å². The van der Waals surface area contributed by atoms with Gasteiger partial charge >= 0.3 is 0 Å². The SMILES string of the molecule is C=CCN1C(=O)/C(=C/c2ccc(Cl)cc2Cl)S/C1=N/c1nc(C)cs1. The molecule has 0 radical (unpaired) electrons. The Morgan fingerprint density at radius 2 is 2.20 bits per heavy atom. The van der Waals surface area contributed by atoms with E-state index in [1.807, 2.05) is 12.3 Å². The summed E-state index contributed by atoms with van der Waals surface area (Å²) in [6, 6.07) is 5.16. The molecule has 0 atom stereocenters. The molecule has 25 heavy (non-hydrogen) atoms. The molecule has 1 aliphatic rings. The predicted molar refractivity (Wildman–Crippen MR) is 108 cm³/mol. The predicted octanol–water partition coefficient (Wildman–Crippen LogP) is 5.55. The van der Waals surface area contributed by atoms with Gasteiger partial charge in [-0.3, -0.25) is 9.69 Å². The molecule has 1 saturated heterocycles. The molecule has 0 unspecified atom stereocenters. The van der Waals surface area contributed by atoms with E-state index in [4.69, 9.17) is 23.2 Å². The van der Waals surface area contributed by atoms with Crippen molar-refractivity contribution >= 4 is 68.6 Å². The van der Waals surface area contributed by atoms with Gasteiger partial charge in [0.05, 0.1) is 10.6 Å². The summed E-state index contributed by atoms with van der Waals surface area (Å²) in [6.45, 7) is 5.99. The highest BCUT2D eigenvalue weighted by molar-refractivity contribution is 8.18. The molecule has 1 aromatic heterocycles. The van der Waals surface area contributed by atoms with Crippen molar-refractivity contribution in [3.05, 3.63) is 62.4 Å². The molecule has 1 fully saturated rings. The molecule has 128 valence electrons. The van der Waals surface area contributed by atoms with E-state index in [0.717, 1.165) is 11.3 Å². The van der Waals surface area contributed by atoms with Gasteiger partial charge in [-0.1, -0.05) is 35.3 Å². The lowest BCUT2D eigenvalue weighted by Crippen LogP contribution is -2.29. The smallest absolute Gasteiger partial charge is 0.267 e. The summed E-state index contributed by atoms with van der Waals surface area (Å²) in [5.74, 6) is -0.136. The number of amides is 1. The zero-order valence-corrected chi connectivity index (χ0v) is 16.3. The maximum atomic E-state index is 12.7. The van der Waals surface area contributed by atoms with E-state index in [2.05, 4.69) is 16.6 Å². The van der Waals surface area contributed by atoms with Crippen molar-refractivity contribution in [2.75, 3.05) is 6.54 Å². The summed E-state index contributed by atoms with van der Waals surface area (Å²) in [5.41, 5.74) is 1.63. The van der Waals surface area contributed by atoms with Crippen LogP contribution in [0.4, 0.5) is 5.13 Å². The number of benzene rings is 1. The molecular formula is C17H13Cl2N3OS2. The third-order valence-electron chi connectivity index (χ3n) is 3.25. The first-order chi connectivity index (χ1) is 12.0. The van der Waals surface area contributed by atoms with Crippen molar-refractivity contribution < 1.29 is 4.79 Å². The Labute approximate surface area is 163 Å². The first kappa shape index (κ1) is 18.2. The lowest BCUT2D eigenvalue weighted by atomic mass is 10.2. The fourth-order valence-corrected chi connectivity index (χ4v) is 4.28. The first-order valence-corrected chi connectivity index (χ1v) is 9.71. The van der Waals surface area contributed by atoms with Gasteiger partial charge in [-0.25, -0.2) is 4.98 Å². The number of carbonyl (C=O) groups is 1. The first-order valence-electron chi connectivity index (χ1n) is 7.26. The van der Waals surface area contributed by atoms with Crippen LogP contribution in [-0.4, -0.2) is 27.5 Å². The number of hydrogen-bond acceptors (Lipinski definition) is 5. The summed E-state index contributed by atoms with van der Waals surface area (Å²) in [5, 5.41) is 4.16. The van der Waals surface area contributed by atoms with Gasteiger partial charge in [0.25, 0.3) is 5.91 Å². The average molecular weight is 410 g/mol. The molecule has 4 nitrogen and oxygen atoms in total. The third-order valence-corrected chi connectivity index (χ3v) is 5.67. The van der Waals surface area contributed by atoms with Gasteiger partial charge in [-0.15, -0.1) is 17.9 Å². The number of halogens is 2.